The van der Waals surface area contributed by atoms with Gasteiger partial charge in [-0.2, -0.15) is 0 Å². The molecule has 0 atom stereocenters. The highest BCUT2D eigenvalue weighted by Crippen LogP contribution is 2.28. The van der Waals surface area contributed by atoms with Crippen molar-refractivity contribution in [2.75, 3.05) is 13.1 Å². The second kappa shape index (κ2) is 4.03. The molecule has 0 aromatic heterocycles. The molecule has 0 unspecified atom stereocenters. The maximum absolute atomic E-state index is 11.9. The largest absolute Gasteiger partial charge is 0.333 e. The van der Waals surface area contributed by atoms with Gasteiger partial charge in [0, 0.05) is 18.6 Å². The van der Waals surface area contributed by atoms with Crippen molar-refractivity contribution in [3.8, 4) is 0 Å². The summed E-state index contributed by atoms with van der Waals surface area (Å²) in [7, 11) is 0. The van der Waals surface area contributed by atoms with Crippen LogP contribution in [0.1, 0.15) is 47.5 Å². The Hall–Kier alpha value is -0.730. The summed E-state index contributed by atoms with van der Waals surface area (Å²) in [5.41, 5.74) is 0.131. The third-order valence-electron chi connectivity index (χ3n) is 2.67. The molecule has 0 saturated carbocycles. The zero-order chi connectivity index (χ0) is 11.7. The Balaban J connectivity index is 2.53. The summed E-state index contributed by atoms with van der Waals surface area (Å²) in [5.74, 6) is 0. The van der Waals surface area contributed by atoms with E-state index in [9.17, 15) is 4.79 Å². The van der Waals surface area contributed by atoms with Crippen LogP contribution in [-0.4, -0.2) is 29.6 Å². The number of piperidine rings is 1. The van der Waals surface area contributed by atoms with Crippen molar-refractivity contribution in [2.45, 2.75) is 53.0 Å². The second-order valence-corrected chi connectivity index (χ2v) is 6.37. The third-order valence-corrected chi connectivity index (χ3v) is 2.67. The highest BCUT2D eigenvalue weighted by atomic mass is 16.2. The molecular formula is C12H24N2O. The molecule has 88 valence electrons. The van der Waals surface area contributed by atoms with Crippen molar-refractivity contribution in [1.29, 1.82) is 0 Å². The molecular weight excluding hydrogens is 188 g/mol. The van der Waals surface area contributed by atoms with Gasteiger partial charge < -0.3 is 10.2 Å². The van der Waals surface area contributed by atoms with Crippen LogP contribution in [0, 0.1) is 5.41 Å². The average Bonchev–Trinajstić information content (AvgIpc) is 1.99. The fourth-order valence-electron chi connectivity index (χ4n) is 2.00. The van der Waals surface area contributed by atoms with E-state index < -0.39 is 0 Å². The lowest BCUT2D eigenvalue weighted by Gasteiger charge is -2.39. The van der Waals surface area contributed by atoms with Gasteiger partial charge in [0.05, 0.1) is 0 Å². The van der Waals surface area contributed by atoms with Gasteiger partial charge in [-0.05, 0) is 39.0 Å². The molecule has 1 aliphatic rings. The minimum Gasteiger partial charge on any atom is -0.333 e. The van der Waals surface area contributed by atoms with Crippen LogP contribution < -0.4 is 5.32 Å². The summed E-state index contributed by atoms with van der Waals surface area (Å²) in [5, 5.41) is 3.01. The SMILES string of the molecule is CC1(C)CCCN(C(=O)NC(C)(C)C)C1. The van der Waals surface area contributed by atoms with Crippen molar-refractivity contribution in [3.05, 3.63) is 0 Å². The fourth-order valence-corrected chi connectivity index (χ4v) is 2.00. The molecule has 2 amide bonds. The highest BCUT2D eigenvalue weighted by molar-refractivity contribution is 5.75. The van der Waals surface area contributed by atoms with E-state index in [-0.39, 0.29) is 17.0 Å². The molecule has 0 bridgehead atoms. The fraction of sp³-hybridized carbons (Fsp3) is 0.917. The van der Waals surface area contributed by atoms with E-state index in [0.29, 0.717) is 0 Å². The molecule has 3 heteroatoms. The normalized spacial score (nSPS) is 21.3. The van der Waals surface area contributed by atoms with E-state index in [0.717, 1.165) is 19.5 Å². The topological polar surface area (TPSA) is 32.3 Å². The predicted octanol–water partition coefficient (Wildman–Crippen LogP) is 2.62. The summed E-state index contributed by atoms with van der Waals surface area (Å²) in [6, 6.07) is 0.0790. The van der Waals surface area contributed by atoms with E-state index in [2.05, 4.69) is 19.2 Å². The van der Waals surface area contributed by atoms with E-state index in [4.69, 9.17) is 0 Å². The van der Waals surface area contributed by atoms with Crippen molar-refractivity contribution < 1.29 is 4.79 Å². The Morgan fingerprint density at radius 3 is 2.40 bits per heavy atom. The Morgan fingerprint density at radius 1 is 1.33 bits per heavy atom. The summed E-state index contributed by atoms with van der Waals surface area (Å²) >= 11 is 0. The van der Waals surface area contributed by atoms with Gasteiger partial charge in [0.25, 0.3) is 0 Å². The standard InChI is InChI=1S/C12H24N2O/c1-11(2,3)13-10(15)14-8-6-7-12(4,5)9-14/h6-9H2,1-5H3,(H,13,15). The molecule has 1 aliphatic heterocycles. The maximum Gasteiger partial charge on any atom is 0.317 e. The second-order valence-electron chi connectivity index (χ2n) is 6.37. The van der Waals surface area contributed by atoms with E-state index >= 15 is 0 Å². The van der Waals surface area contributed by atoms with E-state index in [1.54, 1.807) is 0 Å². The van der Waals surface area contributed by atoms with Gasteiger partial charge in [0.1, 0.15) is 0 Å². The van der Waals surface area contributed by atoms with Crippen LogP contribution in [0.5, 0.6) is 0 Å². The van der Waals surface area contributed by atoms with E-state index in [1.165, 1.54) is 6.42 Å². The summed E-state index contributed by atoms with van der Waals surface area (Å²) < 4.78 is 0. The molecule has 1 rings (SSSR count). The minimum atomic E-state index is -0.140. The van der Waals surface area contributed by atoms with E-state index in [1.807, 2.05) is 25.7 Å². The molecule has 0 aliphatic carbocycles. The monoisotopic (exact) mass is 212 g/mol. The number of urea groups is 1. The van der Waals surface area contributed by atoms with Crippen LogP contribution in [0.4, 0.5) is 4.79 Å². The number of amides is 2. The molecule has 0 radical (unpaired) electrons. The molecule has 1 saturated heterocycles. The zero-order valence-corrected chi connectivity index (χ0v) is 10.7. The molecule has 3 nitrogen and oxygen atoms in total. The number of likely N-dealkylation sites (tertiary alicyclic amines) is 1. The van der Waals surface area contributed by atoms with Crippen LogP contribution in [-0.2, 0) is 0 Å². The first-order valence-corrected chi connectivity index (χ1v) is 5.77. The average molecular weight is 212 g/mol. The molecule has 1 N–H and O–H groups in total. The lowest BCUT2D eigenvalue weighted by atomic mass is 9.84. The molecule has 0 aromatic rings. The van der Waals surface area contributed by atoms with Gasteiger partial charge in [0.15, 0.2) is 0 Å². The van der Waals surface area contributed by atoms with Crippen molar-refractivity contribution in [2.24, 2.45) is 5.41 Å². The lowest BCUT2D eigenvalue weighted by molar-refractivity contribution is 0.124. The van der Waals surface area contributed by atoms with Crippen LogP contribution in [0.3, 0.4) is 0 Å². The zero-order valence-electron chi connectivity index (χ0n) is 10.7. The number of hydrogen-bond donors (Lipinski definition) is 1. The van der Waals surface area contributed by atoms with Gasteiger partial charge in [-0.3, -0.25) is 0 Å². The first-order valence-electron chi connectivity index (χ1n) is 5.77. The quantitative estimate of drug-likeness (QED) is 0.657. The van der Waals surface area contributed by atoms with Gasteiger partial charge in [-0.1, -0.05) is 13.8 Å². The van der Waals surface area contributed by atoms with Gasteiger partial charge >= 0.3 is 6.03 Å². The van der Waals surface area contributed by atoms with Crippen LogP contribution in [0.15, 0.2) is 0 Å². The first-order chi connectivity index (χ1) is 6.70. The summed E-state index contributed by atoms with van der Waals surface area (Å²) in [6.45, 7) is 12.3. The molecule has 0 spiro atoms. The summed E-state index contributed by atoms with van der Waals surface area (Å²) in [6.07, 6.45) is 2.33. The van der Waals surface area contributed by atoms with Gasteiger partial charge in [-0.15, -0.1) is 0 Å². The van der Waals surface area contributed by atoms with Crippen molar-refractivity contribution in [3.63, 3.8) is 0 Å². The number of carbonyl (C=O) groups is 1. The van der Waals surface area contributed by atoms with Crippen LogP contribution in [0.2, 0.25) is 0 Å². The Labute approximate surface area is 93.2 Å². The van der Waals surface area contributed by atoms with Crippen LogP contribution >= 0.6 is 0 Å². The number of nitrogens with one attached hydrogen (secondary N) is 1. The maximum atomic E-state index is 11.9. The predicted molar refractivity (Wildman–Crippen MR) is 62.9 cm³/mol. The smallest absolute Gasteiger partial charge is 0.317 e. The molecule has 0 aromatic carbocycles. The number of hydrogen-bond acceptors (Lipinski definition) is 1. The Kier molecular flexibility index (Phi) is 3.31. The number of carbonyl (C=O) groups excluding carboxylic acids is 1. The third kappa shape index (κ3) is 4.10. The number of rotatable bonds is 0. The first kappa shape index (κ1) is 12.3. The molecule has 1 heterocycles. The Bertz CT molecular complexity index is 240. The van der Waals surface area contributed by atoms with Crippen molar-refractivity contribution in [1.82, 2.24) is 10.2 Å². The molecule has 15 heavy (non-hydrogen) atoms. The van der Waals surface area contributed by atoms with Crippen LogP contribution in [0.25, 0.3) is 0 Å². The lowest BCUT2D eigenvalue weighted by Crippen LogP contribution is -2.52. The summed E-state index contributed by atoms with van der Waals surface area (Å²) in [4.78, 5) is 13.9. The minimum absolute atomic E-state index is 0.0790. The number of nitrogens with zero attached hydrogens (tertiary/aromatic N) is 1. The highest BCUT2D eigenvalue weighted by Gasteiger charge is 2.30. The van der Waals surface area contributed by atoms with Crippen molar-refractivity contribution >= 4 is 6.03 Å². The molecule has 1 fully saturated rings. The van der Waals surface area contributed by atoms with Gasteiger partial charge in [-0.25, -0.2) is 4.79 Å². The Morgan fingerprint density at radius 2 is 1.93 bits per heavy atom. The van der Waals surface area contributed by atoms with Gasteiger partial charge in [0.2, 0.25) is 0 Å².